The summed E-state index contributed by atoms with van der Waals surface area (Å²) in [5.41, 5.74) is 2.41. The number of amides is 1. The zero-order valence-corrected chi connectivity index (χ0v) is 13.0. The molecule has 1 aromatic carbocycles. The number of thioether (sulfide) groups is 1. The van der Waals surface area contributed by atoms with E-state index in [0.717, 1.165) is 11.3 Å². The third kappa shape index (κ3) is 6.93. The molecular weight excluding hydrogens is 274 g/mol. The largest absolute Gasteiger partial charge is 0.394 e. The molecule has 0 saturated carbocycles. The number of carbonyl (C=O) groups is 1. The first-order valence-corrected chi connectivity index (χ1v) is 7.77. The first-order chi connectivity index (χ1) is 9.63. The molecule has 0 unspecified atom stereocenters. The molecule has 0 spiro atoms. The molecule has 20 heavy (non-hydrogen) atoms. The summed E-state index contributed by atoms with van der Waals surface area (Å²) in [6.45, 7) is 5.67. The summed E-state index contributed by atoms with van der Waals surface area (Å²) in [5, 5.41) is 11.4. The molecule has 0 atom stereocenters. The molecule has 1 rings (SSSR count). The lowest BCUT2D eigenvalue weighted by Crippen LogP contribution is -2.27. The van der Waals surface area contributed by atoms with Gasteiger partial charge in [-0.3, -0.25) is 4.79 Å². The summed E-state index contributed by atoms with van der Waals surface area (Å²) in [6, 6.07) is 6.26. The molecule has 0 aromatic heterocycles. The number of ether oxygens (including phenoxy) is 1. The highest BCUT2D eigenvalue weighted by Crippen LogP contribution is 2.23. The smallest absolute Gasteiger partial charge is 0.230 e. The van der Waals surface area contributed by atoms with Gasteiger partial charge in [-0.05, 0) is 31.9 Å². The predicted molar refractivity (Wildman–Crippen MR) is 82.2 cm³/mol. The fraction of sp³-hybridized carbons (Fsp3) is 0.533. The van der Waals surface area contributed by atoms with Crippen LogP contribution in [-0.4, -0.2) is 43.1 Å². The minimum absolute atomic E-state index is 0.0399. The number of carbonyl (C=O) groups excluding carboxylic acids is 1. The molecule has 0 fully saturated rings. The molecule has 0 aliphatic heterocycles. The number of aliphatic hydroxyl groups excluding tert-OH is 1. The van der Waals surface area contributed by atoms with Gasteiger partial charge in [0, 0.05) is 18.0 Å². The molecule has 0 saturated heterocycles. The third-order valence-corrected chi connectivity index (χ3v) is 3.88. The number of rotatable bonds is 9. The van der Waals surface area contributed by atoms with Gasteiger partial charge in [-0.15, -0.1) is 11.8 Å². The van der Waals surface area contributed by atoms with Gasteiger partial charge in [-0.25, -0.2) is 0 Å². The van der Waals surface area contributed by atoms with Crippen molar-refractivity contribution in [2.45, 2.75) is 25.2 Å². The summed E-state index contributed by atoms with van der Waals surface area (Å²) in [4.78, 5) is 12.8. The van der Waals surface area contributed by atoms with Gasteiger partial charge in [-0.1, -0.05) is 17.7 Å². The van der Waals surface area contributed by atoms with Crippen LogP contribution < -0.4 is 5.32 Å². The van der Waals surface area contributed by atoms with E-state index in [2.05, 4.69) is 37.4 Å². The van der Waals surface area contributed by atoms with E-state index in [1.54, 1.807) is 11.8 Å². The van der Waals surface area contributed by atoms with Gasteiger partial charge in [0.05, 0.1) is 19.0 Å². The molecule has 4 nitrogen and oxygen atoms in total. The summed E-state index contributed by atoms with van der Waals surface area (Å²) < 4.78 is 5.12. The summed E-state index contributed by atoms with van der Waals surface area (Å²) in [7, 11) is 0. The van der Waals surface area contributed by atoms with Crippen molar-refractivity contribution in [1.29, 1.82) is 0 Å². The minimum Gasteiger partial charge on any atom is -0.394 e. The molecular formula is C15H23NO3S. The lowest BCUT2D eigenvalue weighted by Gasteiger charge is -2.08. The van der Waals surface area contributed by atoms with Crippen molar-refractivity contribution in [2.24, 2.45) is 0 Å². The van der Waals surface area contributed by atoms with Crippen molar-refractivity contribution < 1.29 is 14.6 Å². The number of hydrogen-bond acceptors (Lipinski definition) is 4. The Labute approximate surface area is 124 Å². The second kappa shape index (κ2) is 9.80. The molecule has 0 aliphatic rings. The van der Waals surface area contributed by atoms with Gasteiger partial charge in [-0.2, -0.15) is 0 Å². The summed E-state index contributed by atoms with van der Waals surface area (Å²) >= 11 is 1.56. The van der Waals surface area contributed by atoms with Crippen LogP contribution in [-0.2, 0) is 9.53 Å². The Kier molecular flexibility index (Phi) is 8.34. The number of nitrogens with one attached hydrogen (secondary N) is 1. The predicted octanol–water partition coefficient (Wildman–Crippen LogP) is 1.91. The quantitative estimate of drug-likeness (QED) is 0.540. The van der Waals surface area contributed by atoms with E-state index in [9.17, 15) is 4.79 Å². The summed E-state index contributed by atoms with van der Waals surface area (Å²) in [6.07, 6.45) is 0.764. The molecule has 0 bridgehead atoms. The van der Waals surface area contributed by atoms with E-state index in [4.69, 9.17) is 9.84 Å². The lowest BCUT2D eigenvalue weighted by molar-refractivity contribution is -0.118. The van der Waals surface area contributed by atoms with Crippen LogP contribution in [0.2, 0.25) is 0 Å². The lowest BCUT2D eigenvalue weighted by atomic mass is 10.2. The monoisotopic (exact) mass is 297 g/mol. The standard InChI is InChI=1S/C15H23NO3S/c1-12-4-5-13(2)14(10-12)20-11-15(18)16-6-3-8-19-9-7-17/h4-5,10,17H,3,6-9,11H2,1-2H3,(H,16,18). The van der Waals surface area contributed by atoms with Crippen molar-refractivity contribution in [2.75, 3.05) is 32.1 Å². The Morgan fingerprint density at radius 3 is 2.90 bits per heavy atom. The Morgan fingerprint density at radius 2 is 2.15 bits per heavy atom. The van der Waals surface area contributed by atoms with Gasteiger partial charge in [0.1, 0.15) is 0 Å². The maximum Gasteiger partial charge on any atom is 0.230 e. The molecule has 0 heterocycles. The SMILES string of the molecule is Cc1ccc(C)c(SCC(=O)NCCCOCCO)c1. The van der Waals surface area contributed by atoms with E-state index < -0.39 is 0 Å². The van der Waals surface area contributed by atoms with Crippen molar-refractivity contribution in [3.8, 4) is 0 Å². The fourth-order valence-electron chi connectivity index (χ4n) is 1.63. The van der Waals surface area contributed by atoms with Crippen molar-refractivity contribution in [3.63, 3.8) is 0 Å². The average Bonchev–Trinajstić information content (AvgIpc) is 2.43. The Morgan fingerprint density at radius 1 is 1.35 bits per heavy atom. The molecule has 112 valence electrons. The number of aliphatic hydroxyl groups is 1. The normalized spacial score (nSPS) is 10.6. The van der Waals surface area contributed by atoms with Crippen LogP contribution in [0.5, 0.6) is 0 Å². The van der Waals surface area contributed by atoms with E-state index in [-0.39, 0.29) is 12.5 Å². The summed E-state index contributed by atoms with van der Waals surface area (Å²) in [5.74, 6) is 0.472. The van der Waals surface area contributed by atoms with Crippen molar-refractivity contribution in [1.82, 2.24) is 5.32 Å². The molecule has 1 amide bonds. The van der Waals surface area contributed by atoms with Gasteiger partial charge < -0.3 is 15.2 Å². The van der Waals surface area contributed by atoms with Crippen LogP contribution >= 0.6 is 11.8 Å². The number of benzene rings is 1. The highest BCUT2D eigenvalue weighted by molar-refractivity contribution is 8.00. The average molecular weight is 297 g/mol. The van der Waals surface area contributed by atoms with Crippen LogP contribution in [0.25, 0.3) is 0 Å². The second-order valence-electron chi connectivity index (χ2n) is 4.60. The van der Waals surface area contributed by atoms with Gasteiger partial charge >= 0.3 is 0 Å². The molecule has 1 aromatic rings. The number of aryl methyl sites for hydroxylation is 2. The zero-order chi connectivity index (χ0) is 14.8. The maximum atomic E-state index is 11.7. The minimum atomic E-state index is 0.0399. The first kappa shape index (κ1) is 17.0. The van der Waals surface area contributed by atoms with Gasteiger partial charge in [0.25, 0.3) is 0 Å². The van der Waals surface area contributed by atoms with Crippen LogP contribution in [0.4, 0.5) is 0 Å². The highest BCUT2D eigenvalue weighted by Gasteiger charge is 2.04. The van der Waals surface area contributed by atoms with Gasteiger partial charge in [0.2, 0.25) is 5.91 Å². The van der Waals surface area contributed by atoms with Gasteiger partial charge in [0.15, 0.2) is 0 Å². The number of hydrogen-bond donors (Lipinski definition) is 2. The second-order valence-corrected chi connectivity index (χ2v) is 5.61. The highest BCUT2D eigenvalue weighted by atomic mass is 32.2. The Hall–Kier alpha value is -1.04. The Balaban J connectivity index is 2.18. The third-order valence-electron chi connectivity index (χ3n) is 2.73. The van der Waals surface area contributed by atoms with Crippen LogP contribution in [0.15, 0.2) is 23.1 Å². The zero-order valence-electron chi connectivity index (χ0n) is 12.1. The van der Waals surface area contributed by atoms with Crippen LogP contribution in [0.3, 0.4) is 0 Å². The first-order valence-electron chi connectivity index (χ1n) is 6.79. The van der Waals surface area contributed by atoms with Crippen molar-refractivity contribution >= 4 is 17.7 Å². The van der Waals surface area contributed by atoms with E-state index in [1.165, 1.54) is 11.1 Å². The molecule has 0 radical (unpaired) electrons. The Bertz CT molecular complexity index is 424. The molecule has 2 N–H and O–H groups in total. The molecule has 0 aliphatic carbocycles. The van der Waals surface area contributed by atoms with Crippen LogP contribution in [0.1, 0.15) is 17.5 Å². The van der Waals surface area contributed by atoms with Crippen molar-refractivity contribution in [3.05, 3.63) is 29.3 Å². The van der Waals surface area contributed by atoms with E-state index >= 15 is 0 Å². The maximum absolute atomic E-state index is 11.7. The topological polar surface area (TPSA) is 58.6 Å². The van der Waals surface area contributed by atoms with E-state index in [1.807, 2.05) is 0 Å². The fourth-order valence-corrected chi connectivity index (χ4v) is 2.58. The van der Waals surface area contributed by atoms with Crippen LogP contribution in [0, 0.1) is 13.8 Å². The molecule has 5 heteroatoms. The van der Waals surface area contributed by atoms with E-state index in [0.29, 0.717) is 25.5 Å².